The molecular formula is C31H34N4O3S. The van der Waals surface area contributed by atoms with Crippen LogP contribution in [0.2, 0.25) is 0 Å². The van der Waals surface area contributed by atoms with Crippen LogP contribution in [-0.2, 0) is 22.7 Å². The zero-order valence-corrected chi connectivity index (χ0v) is 23.2. The molecule has 2 bridgehead atoms. The SMILES string of the molecule is Cc1ccc(OCc2ccc(CN3CCOCC3)cc2C#N)c(-c2csc(N3CC4CCC(C3)C4C=O)n2)c1. The summed E-state index contributed by atoms with van der Waals surface area (Å²) in [5.41, 5.74) is 5.67. The summed E-state index contributed by atoms with van der Waals surface area (Å²) in [6, 6.07) is 14.6. The second kappa shape index (κ2) is 11.5. The summed E-state index contributed by atoms with van der Waals surface area (Å²) in [4.78, 5) is 21.3. The minimum Gasteiger partial charge on any atom is -0.488 e. The van der Waals surface area contributed by atoms with E-state index in [0.717, 1.165) is 97.6 Å². The van der Waals surface area contributed by atoms with Crippen molar-refractivity contribution in [3.63, 3.8) is 0 Å². The summed E-state index contributed by atoms with van der Waals surface area (Å²) in [5.74, 6) is 1.87. The van der Waals surface area contributed by atoms with Gasteiger partial charge in [-0.25, -0.2) is 4.98 Å². The lowest BCUT2D eigenvalue weighted by Crippen LogP contribution is -2.42. The van der Waals surface area contributed by atoms with Crippen LogP contribution in [0, 0.1) is 36.0 Å². The highest BCUT2D eigenvalue weighted by atomic mass is 32.1. The fourth-order valence-corrected chi connectivity index (χ4v) is 7.12. The molecule has 0 radical (unpaired) electrons. The number of aldehydes is 1. The number of piperidine rings is 1. The Labute approximate surface area is 234 Å². The number of rotatable bonds is 8. The molecule has 2 atom stereocenters. The quantitative estimate of drug-likeness (QED) is 0.368. The first-order valence-electron chi connectivity index (χ1n) is 13.8. The predicted molar refractivity (Wildman–Crippen MR) is 152 cm³/mol. The number of carbonyl (C=O) groups excluding carboxylic acids is 1. The maximum Gasteiger partial charge on any atom is 0.185 e. The molecule has 1 aromatic heterocycles. The van der Waals surface area contributed by atoms with Gasteiger partial charge in [-0.05, 0) is 55.4 Å². The molecule has 0 amide bonds. The standard InChI is InChI=1S/C31H34N4O3S/c1-21-2-7-30(38-19-25-4-3-22(13-26(25)14-32)15-34-8-10-37-11-9-34)27(12-21)29-20-39-31(33-29)35-16-23-5-6-24(17-35)28(23)18-36/h2-4,7,12-13,18,20,23-24,28H,5-6,8-11,15-17,19H2,1H3. The largest absolute Gasteiger partial charge is 0.488 e. The Morgan fingerprint density at radius 1 is 1.15 bits per heavy atom. The van der Waals surface area contributed by atoms with Gasteiger partial charge in [0.2, 0.25) is 0 Å². The molecule has 39 heavy (non-hydrogen) atoms. The lowest BCUT2D eigenvalue weighted by molar-refractivity contribution is -0.113. The molecule has 8 heteroatoms. The van der Waals surface area contributed by atoms with Gasteiger partial charge < -0.3 is 19.2 Å². The third-order valence-corrected chi connectivity index (χ3v) is 9.33. The van der Waals surface area contributed by atoms with Crippen molar-refractivity contribution in [3.8, 4) is 23.1 Å². The monoisotopic (exact) mass is 542 g/mol. The van der Waals surface area contributed by atoms with E-state index in [1.807, 2.05) is 24.3 Å². The minimum absolute atomic E-state index is 0.212. The Bertz CT molecular complexity index is 1360. The number of thiazole rings is 1. The van der Waals surface area contributed by atoms with E-state index in [4.69, 9.17) is 14.5 Å². The third-order valence-electron chi connectivity index (χ3n) is 8.43. The molecule has 3 heterocycles. The van der Waals surface area contributed by atoms with Crippen LogP contribution in [0.15, 0.2) is 41.8 Å². The number of anilines is 1. The highest BCUT2D eigenvalue weighted by Gasteiger charge is 2.42. The highest BCUT2D eigenvalue weighted by molar-refractivity contribution is 7.14. The molecule has 1 aliphatic carbocycles. The van der Waals surface area contributed by atoms with Crippen molar-refractivity contribution in [2.24, 2.45) is 17.8 Å². The Morgan fingerprint density at radius 3 is 2.69 bits per heavy atom. The molecule has 202 valence electrons. The summed E-state index contributed by atoms with van der Waals surface area (Å²) in [7, 11) is 0. The number of ether oxygens (including phenoxy) is 2. The van der Waals surface area contributed by atoms with Gasteiger partial charge in [0.1, 0.15) is 18.6 Å². The van der Waals surface area contributed by atoms with E-state index in [0.29, 0.717) is 24.0 Å². The van der Waals surface area contributed by atoms with Gasteiger partial charge in [-0.2, -0.15) is 5.26 Å². The van der Waals surface area contributed by atoms with Gasteiger partial charge in [0.05, 0.1) is 30.5 Å². The summed E-state index contributed by atoms with van der Waals surface area (Å²) < 4.78 is 11.8. The Kier molecular flexibility index (Phi) is 7.64. The molecule has 2 aliphatic heterocycles. The fourth-order valence-electron chi connectivity index (χ4n) is 6.27. The lowest BCUT2D eigenvalue weighted by atomic mass is 9.87. The van der Waals surface area contributed by atoms with Crippen LogP contribution in [-0.4, -0.2) is 55.6 Å². The fraction of sp³-hybridized carbons (Fsp3) is 0.452. The number of hydrogen-bond donors (Lipinski definition) is 0. The number of nitriles is 1. The van der Waals surface area contributed by atoms with E-state index in [-0.39, 0.29) is 5.92 Å². The van der Waals surface area contributed by atoms with Crippen molar-refractivity contribution >= 4 is 22.8 Å². The summed E-state index contributed by atoms with van der Waals surface area (Å²) in [5, 5.41) is 13.0. The average molecular weight is 543 g/mol. The number of aryl methyl sites for hydroxylation is 1. The van der Waals surface area contributed by atoms with E-state index in [1.165, 1.54) is 6.29 Å². The normalized spacial score (nSPS) is 23.0. The first-order valence-corrected chi connectivity index (χ1v) is 14.7. The van der Waals surface area contributed by atoms with Crippen LogP contribution >= 0.6 is 11.3 Å². The van der Waals surface area contributed by atoms with Gasteiger partial charge in [0.25, 0.3) is 0 Å². The molecule has 2 saturated heterocycles. The molecule has 0 spiro atoms. The maximum absolute atomic E-state index is 11.6. The predicted octanol–water partition coefficient (Wildman–Crippen LogP) is 5.06. The molecule has 7 nitrogen and oxygen atoms in total. The Hall–Kier alpha value is -3.25. The molecule has 1 saturated carbocycles. The highest BCUT2D eigenvalue weighted by Crippen LogP contribution is 2.43. The first kappa shape index (κ1) is 26.0. The number of nitrogens with zero attached hydrogens (tertiary/aromatic N) is 4. The van der Waals surface area contributed by atoms with Gasteiger partial charge in [-0.15, -0.1) is 11.3 Å². The van der Waals surface area contributed by atoms with E-state index >= 15 is 0 Å². The molecule has 3 aliphatic rings. The van der Waals surface area contributed by atoms with Gasteiger partial charge in [0.15, 0.2) is 5.13 Å². The van der Waals surface area contributed by atoms with E-state index < -0.39 is 0 Å². The van der Waals surface area contributed by atoms with Crippen molar-refractivity contribution in [1.82, 2.24) is 9.88 Å². The van der Waals surface area contributed by atoms with Crippen LogP contribution < -0.4 is 9.64 Å². The molecule has 6 rings (SSSR count). The third kappa shape index (κ3) is 5.58. The van der Waals surface area contributed by atoms with Gasteiger partial charge >= 0.3 is 0 Å². The smallest absolute Gasteiger partial charge is 0.185 e. The Balaban J connectivity index is 1.17. The van der Waals surface area contributed by atoms with E-state index in [9.17, 15) is 10.1 Å². The molecule has 2 unspecified atom stereocenters. The second-order valence-corrected chi connectivity index (χ2v) is 11.8. The maximum atomic E-state index is 11.6. The van der Waals surface area contributed by atoms with Crippen LogP contribution in [0.5, 0.6) is 5.75 Å². The molecule has 3 aromatic rings. The minimum atomic E-state index is 0.212. The van der Waals surface area contributed by atoms with Gasteiger partial charge in [-0.1, -0.05) is 23.8 Å². The summed E-state index contributed by atoms with van der Waals surface area (Å²) >= 11 is 1.66. The first-order chi connectivity index (χ1) is 19.1. The van der Waals surface area contributed by atoms with Crippen molar-refractivity contribution in [3.05, 3.63) is 64.0 Å². The van der Waals surface area contributed by atoms with E-state index in [1.54, 1.807) is 11.3 Å². The summed E-state index contributed by atoms with van der Waals surface area (Å²) in [6.45, 7) is 8.37. The van der Waals surface area contributed by atoms with Crippen LogP contribution in [0.3, 0.4) is 0 Å². The molecule has 2 aromatic carbocycles. The zero-order valence-electron chi connectivity index (χ0n) is 22.3. The van der Waals surface area contributed by atoms with Crippen molar-refractivity contribution in [2.45, 2.75) is 32.9 Å². The molecule has 0 N–H and O–H groups in total. The molecular weight excluding hydrogens is 508 g/mol. The van der Waals surface area contributed by atoms with Crippen LogP contribution in [0.4, 0.5) is 5.13 Å². The lowest BCUT2D eigenvalue weighted by Gasteiger charge is -2.35. The van der Waals surface area contributed by atoms with Crippen molar-refractivity contribution in [1.29, 1.82) is 5.26 Å². The van der Waals surface area contributed by atoms with Crippen molar-refractivity contribution < 1.29 is 14.3 Å². The molecule has 3 fully saturated rings. The average Bonchev–Trinajstić information content (AvgIpc) is 3.55. The number of morpholine rings is 1. The number of benzene rings is 2. The number of aromatic nitrogens is 1. The van der Waals surface area contributed by atoms with E-state index in [2.05, 4.69) is 40.3 Å². The van der Waals surface area contributed by atoms with Crippen LogP contribution in [0.1, 0.15) is 35.1 Å². The topological polar surface area (TPSA) is 78.7 Å². The second-order valence-electron chi connectivity index (χ2n) is 11.0. The zero-order chi connectivity index (χ0) is 26.8. The Morgan fingerprint density at radius 2 is 1.95 bits per heavy atom. The number of hydrogen-bond acceptors (Lipinski definition) is 8. The number of fused-ring (bicyclic) bond motifs is 2. The van der Waals surface area contributed by atoms with Crippen molar-refractivity contribution in [2.75, 3.05) is 44.3 Å². The van der Waals surface area contributed by atoms with Gasteiger partial charge in [-0.3, -0.25) is 4.90 Å². The summed E-state index contributed by atoms with van der Waals surface area (Å²) in [6.07, 6.45) is 3.45. The number of carbonyl (C=O) groups is 1. The van der Waals surface area contributed by atoms with Crippen LogP contribution in [0.25, 0.3) is 11.3 Å². The van der Waals surface area contributed by atoms with Gasteiger partial charge in [0, 0.05) is 55.1 Å².